The van der Waals surface area contributed by atoms with E-state index in [2.05, 4.69) is 81.8 Å². The van der Waals surface area contributed by atoms with Gasteiger partial charge in [-0.15, -0.1) is 0 Å². The molecule has 0 atom stereocenters. The highest BCUT2D eigenvalue weighted by Gasteiger charge is 2.43. The van der Waals surface area contributed by atoms with Crippen molar-refractivity contribution in [1.29, 1.82) is 0 Å². The Hall–Kier alpha value is -1.63. The van der Waals surface area contributed by atoms with Gasteiger partial charge in [0.2, 0.25) is 5.69 Å². The van der Waals surface area contributed by atoms with Crippen molar-refractivity contribution in [3.05, 3.63) is 53.7 Å². The van der Waals surface area contributed by atoms with Crippen LogP contribution in [0.1, 0.15) is 58.6 Å². The zero-order valence-corrected chi connectivity index (χ0v) is 14.6. The number of hydrogen-bond acceptors (Lipinski definition) is 0. The van der Waals surface area contributed by atoms with E-state index in [0.717, 1.165) is 6.42 Å². The molecular formula is C21H28N+. The summed E-state index contributed by atoms with van der Waals surface area (Å²) in [5.74, 6) is 0. The minimum Gasteiger partial charge on any atom is -0.193 e. The SMILES string of the molecule is CCC1(CC)Cc2cc(C(C)(C)C)ccc2-c2cccc[n+]21. The number of pyridine rings is 1. The van der Waals surface area contributed by atoms with E-state index in [1.807, 2.05) is 0 Å². The fourth-order valence-electron chi connectivity index (χ4n) is 3.81. The lowest BCUT2D eigenvalue weighted by atomic mass is 9.77. The molecule has 0 bridgehead atoms. The van der Waals surface area contributed by atoms with Crippen LogP contribution < -0.4 is 4.57 Å². The molecule has 0 spiro atoms. The first-order chi connectivity index (χ1) is 10.4. The van der Waals surface area contributed by atoms with Gasteiger partial charge in [-0.3, -0.25) is 0 Å². The fraction of sp³-hybridized carbons (Fsp3) is 0.476. The third-order valence-electron chi connectivity index (χ3n) is 5.45. The van der Waals surface area contributed by atoms with Crippen LogP contribution >= 0.6 is 0 Å². The molecular weight excluding hydrogens is 266 g/mol. The fourth-order valence-corrected chi connectivity index (χ4v) is 3.81. The average molecular weight is 294 g/mol. The van der Waals surface area contributed by atoms with Gasteiger partial charge in [0.25, 0.3) is 0 Å². The summed E-state index contributed by atoms with van der Waals surface area (Å²) in [5.41, 5.74) is 6.17. The molecule has 0 fully saturated rings. The molecule has 22 heavy (non-hydrogen) atoms. The van der Waals surface area contributed by atoms with Crippen LogP contribution in [-0.4, -0.2) is 0 Å². The molecule has 0 radical (unpaired) electrons. The van der Waals surface area contributed by atoms with Gasteiger partial charge < -0.3 is 0 Å². The van der Waals surface area contributed by atoms with Crippen molar-refractivity contribution in [2.75, 3.05) is 0 Å². The normalized spacial score (nSPS) is 16.0. The van der Waals surface area contributed by atoms with E-state index >= 15 is 0 Å². The van der Waals surface area contributed by atoms with Gasteiger partial charge in [-0.05, 0) is 28.7 Å². The molecule has 2 heterocycles. The third kappa shape index (κ3) is 2.27. The average Bonchev–Trinajstić information content (AvgIpc) is 2.52. The number of nitrogens with zero attached hydrogens (tertiary/aromatic N) is 1. The van der Waals surface area contributed by atoms with E-state index < -0.39 is 0 Å². The Morgan fingerprint density at radius 1 is 1.05 bits per heavy atom. The molecule has 116 valence electrons. The first-order valence-electron chi connectivity index (χ1n) is 8.56. The summed E-state index contributed by atoms with van der Waals surface area (Å²) in [6.07, 6.45) is 5.75. The molecule has 0 saturated heterocycles. The summed E-state index contributed by atoms with van der Waals surface area (Å²) in [6.45, 7) is 11.5. The van der Waals surface area contributed by atoms with Crippen LogP contribution in [0.4, 0.5) is 0 Å². The summed E-state index contributed by atoms with van der Waals surface area (Å²) >= 11 is 0. The number of rotatable bonds is 2. The highest BCUT2D eigenvalue weighted by atomic mass is 15.1. The summed E-state index contributed by atoms with van der Waals surface area (Å²) < 4.78 is 2.52. The first kappa shape index (κ1) is 15.3. The molecule has 1 nitrogen and oxygen atoms in total. The van der Waals surface area contributed by atoms with Crippen molar-refractivity contribution >= 4 is 0 Å². The zero-order chi connectivity index (χ0) is 16.0. The van der Waals surface area contributed by atoms with Crippen LogP contribution in [0.15, 0.2) is 42.6 Å². The quantitative estimate of drug-likeness (QED) is 0.685. The van der Waals surface area contributed by atoms with E-state index in [9.17, 15) is 0 Å². The summed E-state index contributed by atoms with van der Waals surface area (Å²) in [4.78, 5) is 0. The van der Waals surface area contributed by atoms with Gasteiger partial charge in [-0.25, -0.2) is 0 Å². The zero-order valence-electron chi connectivity index (χ0n) is 14.6. The minimum absolute atomic E-state index is 0.209. The number of aromatic nitrogens is 1. The summed E-state index contributed by atoms with van der Waals surface area (Å²) in [5, 5.41) is 0. The second-order valence-corrected chi connectivity index (χ2v) is 7.69. The van der Waals surface area contributed by atoms with Crippen LogP contribution in [0.2, 0.25) is 0 Å². The van der Waals surface area contributed by atoms with E-state index in [1.165, 1.54) is 35.2 Å². The van der Waals surface area contributed by atoms with E-state index in [-0.39, 0.29) is 11.0 Å². The Kier molecular flexibility index (Phi) is 3.63. The molecule has 1 aliphatic heterocycles. The Morgan fingerprint density at radius 3 is 2.41 bits per heavy atom. The van der Waals surface area contributed by atoms with Gasteiger partial charge >= 0.3 is 0 Å². The van der Waals surface area contributed by atoms with Crippen molar-refractivity contribution in [3.63, 3.8) is 0 Å². The van der Waals surface area contributed by atoms with Crippen molar-refractivity contribution in [2.45, 2.75) is 64.8 Å². The first-order valence-corrected chi connectivity index (χ1v) is 8.56. The maximum Gasteiger partial charge on any atom is 0.213 e. The smallest absolute Gasteiger partial charge is 0.193 e. The Balaban J connectivity index is 2.23. The molecule has 1 aromatic carbocycles. The lowest BCUT2D eigenvalue weighted by molar-refractivity contribution is -0.758. The lowest BCUT2D eigenvalue weighted by Gasteiger charge is -2.33. The number of benzene rings is 1. The van der Waals surface area contributed by atoms with Gasteiger partial charge in [0.05, 0.1) is 0 Å². The van der Waals surface area contributed by atoms with Gasteiger partial charge in [0.1, 0.15) is 0 Å². The molecule has 2 aromatic rings. The van der Waals surface area contributed by atoms with Crippen LogP contribution in [0, 0.1) is 0 Å². The van der Waals surface area contributed by atoms with E-state index in [0.29, 0.717) is 0 Å². The van der Waals surface area contributed by atoms with Gasteiger partial charge in [0, 0.05) is 37.0 Å². The summed E-state index contributed by atoms with van der Waals surface area (Å²) in [7, 11) is 0. The molecule has 0 amide bonds. The van der Waals surface area contributed by atoms with Crippen LogP contribution in [0.5, 0.6) is 0 Å². The van der Waals surface area contributed by atoms with E-state index in [1.54, 1.807) is 0 Å². The second kappa shape index (κ2) is 5.22. The van der Waals surface area contributed by atoms with Crippen molar-refractivity contribution in [3.8, 4) is 11.3 Å². The van der Waals surface area contributed by atoms with Crippen molar-refractivity contribution in [1.82, 2.24) is 0 Å². The highest BCUT2D eigenvalue weighted by molar-refractivity contribution is 5.63. The minimum atomic E-state index is 0.209. The van der Waals surface area contributed by atoms with E-state index in [4.69, 9.17) is 0 Å². The Labute approximate surface area is 135 Å². The van der Waals surface area contributed by atoms with Crippen molar-refractivity contribution < 1.29 is 4.57 Å². The predicted molar refractivity (Wildman–Crippen MR) is 93.0 cm³/mol. The maximum atomic E-state index is 2.52. The topological polar surface area (TPSA) is 3.88 Å². The summed E-state index contributed by atoms with van der Waals surface area (Å²) in [6, 6.07) is 13.7. The number of hydrogen-bond donors (Lipinski definition) is 0. The third-order valence-corrected chi connectivity index (χ3v) is 5.45. The molecule has 1 heteroatoms. The molecule has 0 saturated carbocycles. The molecule has 0 unspecified atom stereocenters. The molecule has 1 aromatic heterocycles. The van der Waals surface area contributed by atoms with Crippen molar-refractivity contribution in [2.24, 2.45) is 0 Å². The number of fused-ring (bicyclic) bond motifs is 3. The van der Waals surface area contributed by atoms with Crippen LogP contribution in [0.25, 0.3) is 11.3 Å². The Morgan fingerprint density at radius 2 is 1.77 bits per heavy atom. The standard InChI is InChI=1S/C21H28N/c1-6-21(7-2)15-16-14-17(20(3,4)5)11-12-18(16)19-10-8-9-13-22(19)21/h8-14H,6-7,15H2,1-5H3/q+1. The monoisotopic (exact) mass is 294 g/mol. The molecule has 1 aliphatic rings. The maximum absolute atomic E-state index is 2.52. The predicted octanol–water partition coefficient (Wildman–Crippen LogP) is 5.01. The van der Waals surface area contributed by atoms with Gasteiger partial charge in [-0.2, -0.15) is 4.57 Å². The van der Waals surface area contributed by atoms with Gasteiger partial charge in [0.15, 0.2) is 11.7 Å². The molecule has 3 rings (SSSR count). The lowest BCUT2D eigenvalue weighted by Crippen LogP contribution is -2.60. The largest absolute Gasteiger partial charge is 0.213 e. The van der Waals surface area contributed by atoms with Gasteiger partial charge in [-0.1, -0.05) is 46.8 Å². The highest BCUT2D eigenvalue weighted by Crippen LogP contribution is 2.37. The van der Waals surface area contributed by atoms with Crippen LogP contribution in [-0.2, 0) is 17.4 Å². The Bertz CT molecular complexity index is 687. The second-order valence-electron chi connectivity index (χ2n) is 7.69. The molecule has 0 N–H and O–H groups in total. The molecule has 0 aliphatic carbocycles. The van der Waals surface area contributed by atoms with Crippen LogP contribution in [0.3, 0.4) is 0 Å².